The molecule has 1 fully saturated rings. The van der Waals surface area contributed by atoms with Gasteiger partial charge in [0.1, 0.15) is 5.82 Å². The van der Waals surface area contributed by atoms with E-state index in [0.29, 0.717) is 0 Å². The number of rotatable bonds is 2. The molecular weight excluding hydrogens is 390 g/mol. The van der Waals surface area contributed by atoms with Gasteiger partial charge in [-0.25, -0.2) is 4.98 Å². The number of fused-ring (bicyclic) bond motifs is 1. The molecule has 0 aliphatic carbocycles. The molecule has 0 bridgehead atoms. The molecule has 124 valence electrons. The number of nitrogens with zero attached hydrogens (tertiary/aromatic N) is 3. The van der Waals surface area contributed by atoms with E-state index in [1.54, 1.807) is 0 Å². The maximum Gasteiger partial charge on any atom is 0.128 e. The summed E-state index contributed by atoms with van der Waals surface area (Å²) in [7, 11) is 2.05. The average Bonchev–Trinajstić information content (AvgIpc) is 2.92. The van der Waals surface area contributed by atoms with Crippen molar-refractivity contribution in [2.45, 2.75) is 0 Å². The number of ether oxygens (including phenoxy) is 1. The summed E-state index contributed by atoms with van der Waals surface area (Å²) in [6.45, 7) is 3.32. The topological polar surface area (TPSA) is 30.3 Å². The molecule has 0 saturated carbocycles. The fourth-order valence-electron chi connectivity index (χ4n) is 3.13. The van der Waals surface area contributed by atoms with Gasteiger partial charge in [0.15, 0.2) is 0 Å². The predicted molar refractivity (Wildman–Crippen MR) is 102 cm³/mol. The molecule has 1 saturated heterocycles. The summed E-state index contributed by atoms with van der Waals surface area (Å²) in [6, 6.07) is 10.4. The van der Waals surface area contributed by atoms with E-state index in [2.05, 4.69) is 61.7 Å². The Bertz CT molecular complexity index is 885. The molecule has 4 nitrogen and oxygen atoms in total. The summed E-state index contributed by atoms with van der Waals surface area (Å²) < 4.78 is 8.46. The summed E-state index contributed by atoms with van der Waals surface area (Å²) in [6.07, 6.45) is 1.94. The standard InChI is InChI=1S/C18H17BrClN3O/c1-22-16(9-13-8-14(19)15(20)10-17(13)22)12-2-3-18(21-11-12)23-4-6-24-7-5-23/h2-3,8-11H,4-7H2,1H3. The average molecular weight is 407 g/mol. The maximum atomic E-state index is 6.23. The first-order valence-electron chi connectivity index (χ1n) is 7.87. The van der Waals surface area contributed by atoms with Crippen molar-refractivity contribution >= 4 is 44.3 Å². The molecule has 2 aromatic heterocycles. The van der Waals surface area contributed by atoms with E-state index in [1.165, 1.54) is 0 Å². The molecular formula is C18H17BrClN3O. The van der Waals surface area contributed by atoms with E-state index in [1.807, 2.05) is 12.3 Å². The van der Waals surface area contributed by atoms with Gasteiger partial charge in [-0.3, -0.25) is 0 Å². The van der Waals surface area contributed by atoms with E-state index in [4.69, 9.17) is 16.3 Å². The lowest BCUT2D eigenvalue weighted by atomic mass is 10.2. The number of aryl methyl sites for hydroxylation is 1. The summed E-state index contributed by atoms with van der Waals surface area (Å²) >= 11 is 9.72. The maximum absolute atomic E-state index is 6.23. The second-order valence-electron chi connectivity index (χ2n) is 5.92. The zero-order valence-corrected chi connectivity index (χ0v) is 15.6. The van der Waals surface area contributed by atoms with E-state index >= 15 is 0 Å². The van der Waals surface area contributed by atoms with Gasteiger partial charge < -0.3 is 14.2 Å². The van der Waals surface area contributed by atoms with E-state index < -0.39 is 0 Å². The third kappa shape index (κ3) is 2.81. The molecule has 6 heteroatoms. The molecule has 0 unspecified atom stereocenters. The number of morpholine rings is 1. The molecule has 0 spiro atoms. The highest BCUT2D eigenvalue weighted by Crippen LogP contribution is 2.33. The van der Waals surface area contributed by atoms with Gasteiger partial charge >= 0.3 is 0 Å². The van der Waals surface area contributed by atoms with Crippen LogP contribution in [0.3, 0.4) is 0 Å². The smallest absolute Gasteiger partial charge is 0.128 e. The van der Waals surface area contributed by atoms with Crippen LogP contribution in [0.25, 0.3) is 22.2 Å². The van der Waals surface area contributed by atoms with Crippen molar-refractivity contribution in [1.82, 2.24) is 9.55 Å². The Morgan fingerprint density at radius 3 is 2.67 bits per heavy atom. The molecule has 3 heterocycles. The Hall–Kier alpha value is -1.56. The molecule has 0 radical (unpaired) electrons. The monoisotopic (exact) mass is 405 g/mol. The van der Waals surface area contributed by atoms with Crippen LogP contribution in [0.1, 0.15) is 0 Å². The molecule has 3 aromatic rings. The molecule has 0 N–H and O–H groups in total. The van der Waals surface area contributed by atoms with Crippen LogP contribution in [0, 0.1) is 0 Å². The van der Waals surface area contributed by atoms with Gasteiger partial charge in [-0.05, 0) is 46.3 Å². The second kappa shape index (κ2) is 6.39. The highest BCUT2D eigenvalue weighted by atomic mass is 79.9. The van der Waals surface area contributed by atoms with Crippen molar-refractivity contribution in [3.05, 3.63) is 46.0 Å². The Kier molecular flexibility index (Phi) is 4.24. The molecule has 1 aliphatic heterocycles. The molecule has 1 aliphatic rings. The number of hydrogen-bond donors (Lipinski definition) is 0. The van der Waals surface area contributed by atoms with Gasteiger partial charge in [-0.1, -0.05) is 11.6 Å². The fourth-order valence-corrected chi connectivity index (χ4v) is 3.64. The number of hydrogen-bond acceptors (Lipinski definition) is 3. The van der Waals surface area contributed by atoms with Gasteiger partial charge in [0.25, 0.3) is 0 Å². The first-order valence-corrected chi connectivity index (χ1v) is 9.04. The lowest BCUT2D eigenvalue weighted by Gasteiger charge is -2.27. The van der Waals surface area contributed by atoms with Crippen LogP contribution < -0.4 is 4.90 Å². The minimum absolute atomic E-state index is 0.719. The first kappa shape index (κ1) is 15.9. The number of anilines is 1. The quantitative estimate of drug-likeness (QED) is 0.628. The molecule has 1 aromatic carbocycles. The largest absolute Gasteiger partial charge is 0.378 e. The molecule has 0 amide bonds. The predicted octanol–water partition coefficient (Wildman–Crippen LogP) is 4.49. The third-order valence-electron chi connectivity index (χ3n) is 4.46. The normalized spacial score (nSPS) is 15.2. The van der Waals surface area contributed by atoms with Crippen LogP contribution in [-0.4, -0.2) is 35.9 Å². The highest BCUT2D eigenvalue weighted by Gasteiger charge is 2.14. The van der Waals surface area contributed by atoms with E-state index in [9.17, 15) is 0 Å². The van der Waals surface area contributed by atoms with Crippen molar-refractivity contribution in [2.24, 2.45) is 7.05 Å². The van der Waals surface area contributed by atoms with Gasteiger partial charge in [0, 0.05) is 47.3 Å². The molecule has 4 rings (SSSR count). The van der Waals surface area contributed by atoms with E-state index in [-0.39, 0.29) is 0 Å². The Morgan fingerprint density at radius 1 is 1.17 bits per heavy atom. The van der Waals surface area contributed by atoms with Crippen LogP contribution in [0.4, 0.5) is 5.82 Å². The zero-order valence-electron chi connectivity index (χ0n) is 13.3. The highest BCUT2D eigenvalue weighted by molar-refractivity contribution is 9.10. The third-order valence-corrected chi connectivity index (χ3v) is 5.66. The van der Waals surface area contributed by atoms with Crippen LogP contribution >= 0.6 is 27.5 Å². The Balaban J connectivity index is 1.70. The van der Waals surface area contributed by atoms with Crippen molar-refractivity contribution in [3.63, 3.8) is 0 Å². The van der Waals surface area contributed by atoms with Crippen molar-refractivity contribution in [2.75, 3.05) is 31.2 Å². The van der Waals surface area contributed by atoms with Gasteiger partial charge in [-0.2, -0.15) is 0 Å². The lowest BCUT2D eigenvalue weighted by Crippen LogP contribution is -2.36. The van der Waals surface area contributed by atoms with Crippen LogP contribution in [-0.2, 0) is 11.8 Å². The minimum atomic E-state index is 0.719. The van der Waals surface area contributed by atoms with Crippen LogP contribution in [0.15, 0.2) is 41.0 Å². The number of pyridine rings is 1. The van der Waals surface area contributed by atoms with Crippen molar-refractivity contribution in [3.8, 4) is 11.3 Å². The zero-order chi connectivity index (χ0) is 16.7. The summed E-state index contributed by atoms with van der Waals surface area (Å²) in [5.41, 5.74) is 3.33. The number of aromatic nitrogens is 2. The van der Waals surface area contributed by atoms with Crippen molar-refractivity contribution in [1.29, 1.82) is 0 Å². The summed E-state index contributed by atoms with van der Waals surface area (Å²) in [5, 5.41) is 1.87. The second-order valence-corrected chi connectivity index (χ2v) is 7.18. The molecule has 0 atom stereocenters. The summed E-state index contributed by atoms with van der Waals surface area (Å²) in [4.78, 5) is 6.90. The minimum Gasteiger partial charge on any atom is -0.378 e. The van der Waals surface area contributed by atoms with Gasteiger partial charge in [0.2, 0.25) is 0 Å². The summed E-state index contributed by atoms with van der Waals surface area (Å²) in [5.74, 6) is 1.01. The Morgan fingerprint density at radius 2 is 1.96 bits per heavy atom. The first-order chi connectivity index (χ1) is 11.6. The Labute approximate surface area is 154 Å². The SMILES string of the molecule is Cn1c(-c2ccc(N3CCOCC3)nc2)cc2cc(Br)c(Cl)cc21. The van der Waals surface area contributed by atoms with Gasteiger partial charge in [-0.15, -0.1) is 0 Å². The number of halogens is 2. The molecule has 24 heavy (non-hydrogen) atoms. The van der Waals surface area contributed by atoms with Crippen LogP contribution in [0.2, 0.25) is 5.02 Å². The van der Waals surface area contributed by atoms with Crippen molar-refractivity contribution < 1.29 is 4.74 Å². The fraction of sp³-hybridized carbons (Fsp3) is 0.278. The number of benzene rings is 1. The van der Waals surface area contributed by atoms with Gasteiger partial charge in [0.05, 0.1) is 23.9 Å². The van der Waals surface area contributed by atoms with Crippen LogP contribution in [0.5, 0.6) is 0 Å². The van der Waals surface area contributed by atoms with E-state index in [0.717, 1.165) is 63.8 Å². The lowest BCUT2D eigenvalue weighted by molar-refractivity contribution is 0.122.